The van der Waals surface area contributed by atoms with Gasteiger partial charge in [0.1, 0.15) is 18.0 Å². The minimum Gasteiger partial charge on any atom is -0.381 e. The first-order valence-electron chi connectivity index (χ1n) is 11.9. The summed E-state index contributed by atoms with van der Waals surface area (Å²) in [4.78, 5) is 30.3. The molecule has 2 bridgehead atoms. The molecule has 0 radical (unpaired) electrons. The summed E-state index contributed by atoms with van der Waals surface area (Å²) in [7, 11) is 0. The molecule has 35 heavy (non-hydrogen) atoms. The molecular formula is C26H23FN6O2. The predicted octanol–water partition coefficient (Wildman–Crippen LogP) is 4.22. The molecular weight excluding hydrogens is 447 g/mol. The molecule has 4 aromatic rings. The number of imidazole rings is 2. The number of allylic oxidation sites excluding steroid dienone is 1. The average Bonchev–Trinajstić information content (AvgIpc) is 3.39. The zero-order valence-corrected chi connectivity index (χ0v) is 18.9. The average molecular weight is 471 g/mol. The third kappa shape index (κ3) is 3.22. The Bertz CT molecular complexity index is 1560. The van der Waals surface area contributed by atoms with E-state index in [1.807, 2.05) is 16.7 Å². The summed E-state index contributed by atoms with van der Waals surface area (Å²) < 4.78 is 23.4. The zero-order chi connectivity index (χ0) is 23.5. The molecule has 0 atom stereocenters. The van der Waals surface area contributed by atoms with Gasteiger partial charge in [0.15, 0.2) is 5.82 Å². The number of ether oxygens (including phenoxy) is 1. The molecule has 1 aromatic carbocycles. The molecule has 1 saturated heterocycles. The zero-order valence-electron chi connectivity index (χ0n) is 18.9. The van der Waals surface area contributed by atoms with Crippen molar-refractivity contribution < 1.29 is 9.13 Å². The number of aromatic amines is 1. The third-order valence-corrected chi connectivity index (χ3v) is 7.36. The lowest BCUT2D eigenvalue weighted by molar-refractivity contribution is 0.0692. The largest absolute Gasteiger partial charge is 0.381 e. The van der Waals surface area contributed by atoms with Crippen LogP contribution in [0.3, 0.4) is 0 Å². The van der Waals surface area contributed by atoms with E-state index in [0.29, 0.717) is 30.1 Å². The maximum Gasteiger partial charge on any atom is 0.327 e. The van der Waals surface area contributed by atoms with Crippen LogP contribution >= 0.6 is 0 Å². The van der Waals surface area contributed by atoms with E-state index in [1.54, 1.807) is 29.4 Å². The second kappa shape index (κ2) is 7.84. The summed E-state index contributed by atoms with van der Waals surface area (Å²) in [5, 5.41) is 0. The molecule has 3 aromatic heterocycles. The molecule has 0 spiro atoms. The van der Waals surface area contributed by atoms with Gasteiger partial charge in [0.05, 0.1) is 16.7 Å². The Morgan fingerprint density at radius 2 is 1.89 bits per heavy atom. The van der Waals surface area contributed by atoms with Gasteiger partial charge in [-0.1, -0.05) is 5.57 Å². The Morgan fingerprint density at radius 3 is 2.69 bits per heavy atom. The minimum absolute atomic E-state index is 0.00216. The van der Waals surface area contributed by atoms with E-state index in [4.69, 9.17) is 9.73 Å². The molecule has 4 aliphatic rings. The topological polar surface area (TPSA) is 90.1 Å². The highest BCUT2D eigenvalue weighted by Crippen LogP contribution is 2.47. The number of H-pyrrole nitrogens is 1. The number of nitrogens with one attached hydrogen (secondary N) is 1. The molecule has 8 nitrogen and oxygen atoms in total. The molecule has 1 aliphatic carbocycles. The van der Waals surface area contributed by atoms with Crippen molar-refractivity contribution in [2.24, 2.45) is 10.9 Å². The highest BCUT2D eigenvalue weighted by atomic mass is 19.1. The van der Waals surface area contributed by atoms with Crippen molar-refractivity contribution in [2.75, 3.05) is 13.2 Å². The van der Waals surface area contributed by atoms with Gasteiger partial charge in [0.2, 0.25) is 0 Å². The van der Waals surface area contributed by atoms with Gasteiger partial charge in [-0.2, -0.15) is 0 Å². The van der Waals surface area contributed by atoms with Crippen molar-refractivity contribution in [3.63, 3.8) is 0 Å². The fourth-order valence-corrected chi connectivity index (χ4v) is 5.59. The Kier molecular flexibility index (Phi) is 4.60. The van der Waals surface area contributed by atoms with Crippen molar-refractivity contribution >= 4 is 28.3 Å². The molecule has 6 heterocycles. The fourth-order valence-electron chi connectivity index (χ4n) is 5.59. The lowest BCUT2D eigenvalue weighted by atomic mass is 9.74. The Hall–Kier alpha value is -3.85. The second-order valence-electron chi connectivity index (χ2n) is 9.38. The van der Waals surface area contributed by atoms with Crippen LogP contribution in [-0.2, 0) is 4.74 Å². The van der Waals surface area contributed by atoms with Gasteiger partial charge in [0.25, 0.3) is 0 Å². The van der Waals surface area contributed by atoms with Gasteiger partial charge in [-0.3, -0.25) is 14.1 Å². The van der Waals surface area contributed by atoms with Gasteiger partial charge in [-0.05, 0) is 55.5 Å². The number of fused-ring (bicyclic) bond motifs is 1. The highest BCUT2D eigenvalue weighted by Gasteiger charge is 2.37. The normalized spacial score (nSPS) is 21.7. The molecule has 0 unspecified atom stereocenters. The van der Waals surface area contributed by atoms with Gasteiger partial charge < -0.3 is 9.72 Å². The number of halogens is 1. The van der Waals surface area contributed by atoms with E-state index in [-0.39, 0.29) is 23.5 Å². The van der Waals surface area contributed by atoms with Crippen LogP contribution in [0.2, 0.25) is 0 Å². The van der Waals surface area contributed by atoms with Crippen molar-refractivity contribution in [2.45, 2.75) is 31.7 Å². The SMILES string of the molecule is O=c1[nH]c2c(n1C1CCOCC1)/N=C(/n1cnc3ccc(F)cc31)C1CC(=C2c2ccncc2)C1. The molecule has 176 valence electrons. The highest BCUT2D eigenvalue weighted by molar-refractivity contribution is 6.00. The lowest BCUT2D eigenvalue weighted by Crippen LogP contribution is -2.32. The van der Waals surface area contributed by atoms with Crippen molar-refractivity contribution in [1.82, 2.24) is 24.1 Å². The number of nitrogens with zero attached hydrogens (tertiary/aromatic N) is 5. The number of aromatic nitrogens is 5. The summed E-state index contributed by atoms with van der Waals surface area (Å²) >= 11 is 0. The van der Waals surface area contributed by atoms with E-state index in [1.165, 1.54) is 17.7 Å². The monoisotopic (exact) mass is 470 g/mol. The van der Waals surface area contributed by atoms with Crippen LogP contribution in [0.5, 0.6) is 0 Å². The smallest absolute Gasteiger partial charge is 0.327 e. The standard InChI is InChI=1S/C26H23FN6O2/c27-18-1-2-20-21(13-18)32(14-29-20)24-17-11-16(12-17)22(15-3-7-28-8-4-15)23-25(31-24)33(26(34)30-23)19-5-9-35-10-6-19/h1-4,7-8,13-14,17,19H,5-6,9-12H2,(H,30,34)/b22-16?,31-24+. The summed E-state index contributed by atoms with van der Waals surface area (Å²) in [6, 6.07) is 8.53. The van der Waals surface area contributed by atoms with Gasteiger partial charge in [-0.15, -0.1) is 0 Å². The Morgan fingerprint density at radius 1 is 1.09 bits per heavy atom. The number of rotatable bonds is 2. The summed E-state index contributed by atoms with van der Waals surface area (Å²) in [6.45, 7) is 1.22. The number of benzene rings is 1. The van der Waals surface area contributed by atoms with Crippen molar-refractivity contribution in [1.29, 1.82) is 0 Å². The van der Waals surface area contributed by atoms with Crippen LogP contribution in [0, 0.1) is 11.7 Å². The number of pyridine rings is 1. The molecule has 8 rings (SSSR count). The van der Waals surface area contributed by atoms with Gasteiger partial charge in [-0.25, -0.2) is 19.2 Å². The molecule has 9 heteroatoms. The first-order valence-corrected chi connectivity index (χ1v) is 11.9. The number of hydrogen-bond donors (Lipinski definition) is 1. The van der Waals surface area contributed by atoms with Crippen LogP contribution in [0.1, 0.15) is 43.0 Å². The van der Waals surface area contributed by atoms with Gasteiger partial charge >= 0.3 is 5.69 Å². The molecule has 0 amide bonds. The first-order chi connectivity index (χ1) is 17.2. The van der Waals surface area contributed by atoms with Crippen LogP contribution < -0.4 is 5.69 Å². The van der Waals surface area contributed by atoms with E-state index >= 15 is 0 Å². The molecule has 1 N–H and O–H groups in total. The predicted molar refractivity (Wildman–Crippen MR) is 129 cm³/mol. The second-order valence-corrected chi connectivity index (χ2v) is 9.38. The quantitative estimate of drug-likeness (QED) is 0.475. The van der Waals surface area contributed by atoms with Crippen LogP contribution in [0.4, 0.5) is 10.2 Å². The van der Waals surface area contributed by atoms with Crippen LogP contribution in [0.15, 0.2) is 64.4 Å². The van der Waals surface area contributed by atoms with E-state index in [9.17, 15) is 9.18 Å². The van der Waals surface area contributed by atoms with Crippen LogP contribution in [0.25, 0.3) is 16.6 Å². The van der Waals surface area contributed by atoms with E-state index in [0.717, 1.165) is 48.3 Å². The summed E-state index contributed by atoms with van der Waals surface area (Å²) in [6.07, 6.45) is 8.37. The number of aliphatic imine (C=N–C) groups is 1. The molecule has 3 aliphatic heterocycles. The molecule has 1 saturated carbocycles. The van der Waals surface area contributed by atoms with Crippen molar-refractivity contribution in [3.8, 4) is 0 Å². The minimum atomic E-state index is -0.318. The number of hydrogen-bond acceptors (Lipinski definition) is 5. The van der Waals surface area contributed by atoms with E-state index < -0.39 is 0 Å². The Balaban J connectivity index is 1.48. The Labute approximate surface area is 199 Å². The van der Waals surface area contributed by atoms with E-state index in [2.05, 4.69) is 15.0 Å². The lowest BCUT2D eigenvalue weighted by Gasteiger charge is -2.35. The third-order valence-electron chi connectivity index (χ3n) is 7.36. The maximum atomic E-state index is 14.1. The van der Waals surface area contributed by atoms with Gasteiger partial charge in [0, 0.05) is 49.2 Å². The molecule has 2 fully saturated rings. The first kappa shape index (κ1) is 20.5. The van der Waals surface area contributed by atoms with Crippen molar-refractivity contribution in [3.05, 3.63) is 82.2 Å². The van der Waals surface area contributed by atoms with Crippen LogP contribution in [-0.4, -0.2) is 43.1 Å². The fraction of sp³-hybridized carbons (Fsp3) is 0.308. The summed E-state index contributed by atoms with van der Waals surface area (Å²) in [5.41, 5.74) is 5.26. The maximum absolute atomic E-state index is 14.1. The summed E-state index contributed by atoms with van der Waals surface area (Å²) in [5.74, 6) is 1.23.